The molecule has 0 radical (unpaired) electrons. The number of nitrogen functional groups attached to an aromatic ring is 1. The molecule has 106 valence electrons. The van der Waals surface area contributed by atoms with Crippen LogP contribution in [0.5, 0.6) is 0 Å². The van der Waals surface area contributed by atoms with Crippen LogP contribution in [0.15, 0.2) is 4.90 Å². The van der Waals surface area contributed by atoms with E-state index >= 15 is 0 Å². The van der Waals surface area contributed by atoms with Gasteiger partial charge in [0.25, 0.3) is 5.91 Å². The van der Waals surface area contributed by atoms with Crippen molar-refractivity contribution in [2.75, 3.05) is 36.5 Å². The molecule has 0 atom stereocenters. The number of thiophene rings is 1. The van der Waals surface area contributed by atoms with Gasteiger partial charge in [-0.3, -0.25) is 4.79 Å². The molecular weight excluding hydrogens is 278 g/mol. The molecule has 0 aromatic carbocycles. The van der Waals surface area contributed by atoms with Gasteiger partial charge in [0.05, 0.1) is 10.6 Å². The maximum Gasteiger partial charge on any atom is 0.263 e. The molecule has 0 bridgehead atoms. The van der Waals surface area contributed by atoms with Gasteiger partial charge in [-0.2, -0.15) is 0 Å². The summed E-state index contributed by atoms with van der Waals surface area (Å²) in [6.45, 7) is 4.89. The van der Waals surface area contributed by atoms with Crippen LogP contribution in [0, 0.1) is 0 Å². The molecule has 1 aromatic heterocycles. The van der Waals surface area contributed by atoms with Crippen molar-refractivity contribution in [3.63, 3.8) is 0 Å². The van der Waals surface area contributed by atoms with Gasteiger partial charge in [-0.1, -0.05) is 6.92 Å². The molecule has 0 aliphatic carbocycles. The summed E-state index contributed by atoms with van der Waals surface area (Å²) in [5, 5.41) is 4.08. The summed E-state index contributed by atoms with van der Waals surface area (Å²) in [5.74, 6) is -0.0369. The Morgan fingerprint density at radius 3 is 2.74 bits per heavy atom. The highest BCUT2D eigenvalue weighted by Gasteiger charge is 2.25. The standard InChI is InChI=1S/C13H21N3OS2/c1-3-6-15-12(17)10-9(14)11(18-2)13(19-10)16-7-4-5-8-16/h3-8,14H2,1-2H3,(H,15,17). The van der Waals surface area contributed by atoms with Crippen LogP contribution in [0.2, 0.25) is 0 Å². The minimum Gasteiger partial charge on any atom is -0.396 e. The van der Waals surface area contributed by atoms with Crippen molar-refractivity contribution in [1.82, 2.24) is 5.32 Å². The molecular formula is C13H21N3OS2. The summed E-state index contributed by atoms with van der Waals surface area (Å²) in [4.78, 5) is 16.2. The third-order valence-corrected chi connectivity index (χ3v) is 5.44. The van der Waals surface area contributed by atoms with E-state index < -0.39 is 0 Å². The largest absolute Gasteiger partial charge is 0.396 e. The van der Waals surface area contributed by atoms with Gasteiger partial charge in [0.15, 0.2) is 0 Å². The van der Waals surface area contributed by atoms with Crippen LogP contribution < -0.4 is 16.0 Å². The first-order valence-corrected chi connectivity index (χ1v) is 8.72. The van der Waals surface area contributed by atoms with Crippen LogP contribution in [0.3, 0.4) is 0 Å². The summed E-state index contributed by atoms with van der Waals surface area (Å²) in [6.07, 6.45) is 5.41. The first kappa shape index (κ1) is 14.5. The van der Waals surface area contributed by atoms with Crippen LogP contribution in [-0.4, -0.2) is 31.8 Å². The zero-order chi connectivity index (χ0) is 13.8. The predicted molar refractivity (Wildman–Crippen MR) is 84.6 cm³/mol. The van der Waals surface area contributed by atoms with Gasteiger partial charge in [-0.15, -0.1) is 23.1 Å². The second kappa shape index (κ2) is 6.52. The Hall–Kier alpha value is -0.880. The Kier molecular flexibility index (Phi) is 4.99. The molecule has 1 amide bonds. The Labute approximate surface area is 122 Å². The smallest absolute Gasteiger partial charge is 0.263 e. The lowest BCUT2D eigenvalue weighted by Gasteiger charge is -2.16. The maximum atomic E-state index is 12.1. The molecule has 19 heavy (non-hydrogen) atoms. The van der Waals surface area contributed by atoms with E-state index in [9.17, 15) is 4.79 Å². The van der Waals surface area contributed by atoms with Gasteiger partial charge in [0.1, 0.15) is 9.88 Å². The van der Waals surface area contributed by atoms with E-state index in [1.165, 1.54) is 29.2 Å². The van der Waals surface area contributed by atoms with E-state index in [0.717, 1.165) is 24.4 Å². The fourth-order valence-electron chi connectivity index (χ4n) is 2.23. The summed E-state index contributed by atoms with van der Waals surface area (Å²) in [5.41, 5.74) is 6.80. The second-order valence-corrected chi connectivity index (χ2v) is 6.45. The molecule has 3 N–H and O–H groups in total. The van der Waals surface area contributed by atoms with Crippen LogP contribution >= 0.6 is 23.1 Å². The van der Waals surface area contributed by atoms with Crippen molar-refractivity contribution in [2.24, 2.45) is 0 Å². The molecule has 4 nitrogen and oxygen atoms in total. The quantitative estimate of drug-likeness (QED) is 0.821. The van der Waals surface area contributed by atoms with Crippen molar-refractivity contribution < 1.29 is 4.79 Å². The van der Waals surface area contributed by atoms with E-state index in [4.69, 9.17) is 5.73 Å². The van der Waals surface area contributed by atoms with Crippen LogP contribution in [-0.2, 0) is 0 Å². The SMILES string of the molecule is CCCNC(=O)c1sc(N2CCCC2)c(SC)c1N. The number of nitrogens with two attached hydrogens (primary N) is 1. The zero-order valence-corrected chi connectivity index (χ0v) is 13.1. The molecule has 1 fully saturated rings. The first-order chi connectivity index (χ1) is 9.19. The molecule has 0 unspecified atom stereocenters. The highest BCUT2D eigenvalue weighted by atomic mass is 32.2. The Balaban J connectivity index is 2.27. The Morgan fingerprint density at radius 2 is 2.16 bits per heavy atom. The summed E-state index contributed by atoms with van der Waals surface area (Å²) in [6, 6.07) is 0. The molecule has 2 rings (SSSR count). The summed E-state index contributed by atoms with van der Waals surface area (Å²) in [7, 11) is 0. The number of rotatable bonds is 5. The fraction of sp³-hybridized carbons (Fsp3) is 0.615. The molecule has 1 aliphatic heterocycles. The predicted octanol–water partition coefficient (Wildman–Crippen LogP) is 2.79. The topological polar surface area (TPSA) is 58.4 Å². The molecule has 0 spiro atoms. The molecule has 0 saturated carbocycles. The average Bonchev–Trinajstić information content (AvgIpc) is 3.03. The van der Waals surface area contributed by atoms with Crippen LogP contribution in [0.4, 0.5) is 10.7 Å². The zero-order valence-electron chi connectivity index (χ0n) is 11.5. The molecule has 2 heterocycles. The lowest BCUT2D eigenvalue weighted by atomic mass is 10.3. The van der Waals surface area contributed by atoms with Gasteiger partial charge in [0.2, 0.25) is 0 Å². The summed E-state index contributed by atoms with van der Waals surface area (Å²) < 4.78 is 0. The minimum absolute atomic E-state index is 0.0369. The molecule has 6 heteroatoms. The molecule has 1 aromatic rings. The monoisotopic (exact) mass is 299 g/mol. The van der Waals surface area contributed by atoms with E-state index in [2.05, 4.69) is 10.2 Å². The average molecular weight is 299 g/mol. The van der Waals surface area contributed by atoms with Crippen LogP contribution in [0.1, 0.15) is 35.9 Å². The maximum absolute atomic E-state index is 12.1. The van der Waals surface area contributed by atoms with Crippen molar-refractivity contribution in [1.29, 1.82) is 0 Å². The minimum atomic E-state index is -0.0369. The number of hydrogen-bond acceptors (Lipinski definition) is 5. The van der Waals surface area contributed by atoms with Crippen LogP contribution in [0.25, 0.3) is 0 Å². The Morgan fingerprint density at radius 1 is 1.47 bits per heavy atom. The first-order valence-electron chi connectivity index (χ1n) is 6.68. The van der Waals surface area contributed by atoms with E-state index in [1.807, 2.05) is 13.2 Å². The number of carbonyl (C=O) groups is 1. The molecule has 1 saturated heterocycles. The number of thioether (sulfide) groups is 1. The number of nitrogens with one attached hydrogen (secondary N) is 1. The van der Waals surface area contributed by atoms with Gasteiger partial charge in [0, 0.05) is 19.6 Å². The third-order valence-electron chi connectivity index (χ3n) is 3.22. The normalized spacial score (nSPS) is 14.9. The highest BCUT2D eigenvalue weighted by molar-refractivity contribution is 7.99. The lowest BCUT2D eigenvalue weighted by Crippen LogP contribution is -2.23. The number of nitrogens with zero attached hydrogens (tertiary/aromatic N) is 1. The van der Waals surface area contributed by atoms with E-state index in [-0.39, 0.29) is 5.91 Å². The molecule has 1 aliphatic rings. The van der Waals surface area contributed by atoms with Crippen molar-refractivity contribution in [3.05, 3.63) is 4.88 Å². The van der Waals surface area contributed by atoms with Gasteiger partial charge >= 0.3 is 0 Å². The lowest BCUT2D eigenvalue weighted by molar-refractivity contribution is 0.0958. The van der Waals surface area contributed by atoms with E-state index in [0.29, 0.717) is 17.1 Å². The number of anilines is 2. The summed E-state index contributed by atoms with van der Waals surface area (Å²) >= 11 is 3.17. The fourth-order valence-corrected chi connectivity index (χ4v) is 4.38. The van der Waals surface area contributed by atoms with Crippen molar-refractivity contribution >= 4 is 39.7 Å². The number of amides is 1. The number of hydrogen-bond donors (Lipinski definition) is 2. The van der Waals surface area contributed by atoms with Gasteiger partial charge in [-0.25, -0.2) is 0 Å². The second-order valence-electron chi connectivity index (χ2n) is 4.63. The van der Waals surface area contributed by atoms with E-state index in [1.54, 1.807) is 11.8 Å². The highest BCUT2D eigenvalue weighted by Crippen LogP contribution is 2.44. The van der Waals surface area contributed by atoms with Gasteiger partial charge in [-0.05, 0) is 25.5 Å². The van der Waals surface area contributed by atoms with Gasteiger partial charge < -0.3 is 16.0 Å². The number of carbonyl (C=O) groups excluding carboxylic acids is 1. The van der Waals surface area contributed by atoms with Crippen molar-refractivity contribution in [2.45, 2.75) is 31.1 Å². The Bertz CT molecular complexity index is 453. The third kappa shape index (κ3) is 3.00. The van der Waals surface area contributed by atoms with Crippen molar-refractivity contribution in [3.8, 4) is 0 Å².